The molecule has 0 aromatic carbocycles. The number of amides is 1. The van der Waals surface area contributed by atoms with E-state index in [2.05, 4.69) is 16.7 Å². The van der Waals surface area contributed by atoms with E-state index >= 15 is 0 Å². The molecule has 1 N–H and O–H groups in total. The number of hydrogen-bond donors (Lipinski definition) is 1. The van der Waals surface area contributed by atoms with Gasteiger partial charge >= 0.3 is 0 Å². The highest BCUT2D eigenvalue weighted by Gasteiger charge is 2.30. The van der Waals surface area contributed by atoms with Gasteiger partial charge in [-0.2, -0.15) is 0 Å². The molecular formula is C15H29N3O2. The predicted molar refractivity (Wildman–Crippen MR) is 79.5 cm³/mol. The van der Waals surface area contributed by atoms with Crippen molar-refractivity contribution >= 4 is 5.91 Å². The summed E-state index contributed by atoms with van der Waals surface area (Å²) in [6.45, 7) is 11.2. The van der Waals surface area contributed by atoms with Gasteiger partial charge in [0.15, 0.2) is 0 Å². The highest BCUT2D eigenvalue weighted by atomic mass is 16.3. The van der Waals surface area contributed by atoms with Gasteiger partial charge in [0, 0.05) is 32.8 Å². The molecule has 2 rings (SSSR count). The number of carbonyl (C=O) groups is 1. The van der Waals surface area contributed by atoms with Crippen LogP contribution < -0.4 is 0 Å². The zero-order valence-electron chi connectivity index (χ0n) is 12.9. The fraction of sp³-hybridized carbons (Fsp3) is 0.933. The second-order valence-corrected chi connectivity index (χ2v) is 6.10. The lowest BCUT2D eigenvalue weighted by Gasteiger charge is -2.39. The molecule has 0 aliphatic carbocycles. The summed E-state index contributed by atoms with van der Waals surface area (Å²) in [5, 5.41) is 9.18. The summed E-state index contributed by atoms with van der Waals surface area (Å²) >= 11 is 0. The van der Waals surface area contributed by atoms with Gasteiger partial charge in [0.2, 0.25) is 5.91 Å². The maximum Gasteiger partial charge on any atom is 0.239 e. The largest absolute Gasteiger partial charge is 0.396 e. The van der Waals surface area contributed by atoms with E-state index in [4.69, 9.17) is 0 Å². The van der Waals surface area contributed by atoms with Gasteiger partial charge in [-0.1, -0.05) is 6.92 Å². The van der Waals surface area contributed by atoms with Gasteiger partial charge < -0.3 is 14.9 Å². The Morgan fingerprint density at radius 3 is 2.25 bits per heavy atom. The summed E-state index contributed by atoms with van der Waals surface area (Å²) in [5.74, 6) is 0.713. The lowest BCUT2D eigenvalue weighted by Crippen LogP contribution is -2.55. The van der Waals surface area contributed by atoms with Crippen LogP contribution >= 0.6 is 0 Å². The molecule has 0 aromatic rings. The van der Waals surface area contributed by atoms with Crippen molar-refractivity contribution in [3.05, 3.63) is 0 Å². The monoisotopic (exact) mass is 283 g/mol. The van der Waals surface area contributed by atoms with Crippen molar-refractivity contribution in [2.45, 2.75) is 32.7 Å². The Hall–Kier alpha value is -0.650. The van der Waals surface area contributed by atoms with E-state index in [9.17, 15) is 9.90 Å². The van der Waals surface area contributed by atoms with Gasteiger partial charge in [-0.05, 0) is 45.3 Å². The van der Waals surface area contributed by atoms with E-state index in [0.717, 1.165) is 58.7 Å². The Morgan fingerprint density at radius 1 is 1.15 bits per heavy atom. The smallest absolute Gasteiger partial charge is 0.239 e. The average Bonchev–Trinajstić information content (AvgIpc) is 2.53. The first-order valence-corrected chi connectivity index (χ1v) is 8.01. The summed E-state index contributed by atoms with van der Waals surface area (Å²) in [4.78, 5) is 19.3. The van der Waals surface area contributed by atoms with Crippen LogP contribution in [0.3, 0.4) is 0 Å². The molecule has 0 radical (unpaired) electrons. The van der Waals surface area contributed by atoms with Gasteiger partial charge in [0.05, 0.1) is 6.04 Å². The third-order valence-corrected chi connectivity index (χ3v) is 4.94. The third kappa shape index (κ3) is 3.71. The van der Waals surface area contributed by atoms with Crippen molar-refractivity contribution in [2.24, 2.45) is 5.92 Å². The highest BCUT2D eigenvalue weighted by molar-refractivity contribution is 5.81. The van der Waals surface area contributed by atoms with Crippen LogP contribution in [0.4, 0.5) is 0 Å². The van der Waals surface area contributed by atoms with Gasteiger partial charge in [-0.3, -0.25) is 9.69 Å². The molecule has 0 bridgehead atoms. The number of rotatable bonds is 4. The van der Waals surface area contributed by atoms with Crippen LogP contribution in [0.5, 0.6) is 0 Å². The van der Waals surface area contributed by atoms with Crippen LogP contribution in [0.25, 0.3) is 0 Å². The first-order valence-electron chi connectivity index (χ1n) is 8.01. The second kappa shape index (κ2) is 7.38. The predicted octanol–water partition coefficient (Wildman–Crippen LogP) is 0.243. The normalized spacial score (nSPS) is 24.9. The Balaban J connectivity index is 1.80. The average molecular weight is 283 g/mol. The molecule has 2 aliphatic rings. The Kier molecular flexibility index (Phi) is 5.81. The number of aliphatic hydroxyl groups excluding tert-OH is 1. The van der Waals surface area contributed by atoms with Crippen LogP contribution in [0.1, 0.15) is 26.7 Å². The van der Waals surface area contributed by atoms with Crippen LogP contribution in [0.15, 0.2) is 0 Å². The Bertz CT molecular complexity index is 308. The molecule has 2 fully saturated rings. The van der Waals surface area contributed by atoms with Crippen LogP contribution in [0.2, 0.25) is 0 Å². The highest BCUT2D eigenvalue weighted by Crippen LogP contribution is 2.19. The van der Waals surface area contributed by atoms with Gasteiger partial charge in [0.25, 0.3) is 0 Å². The van der Waals surface area contributed by atoms with Crippen molar-refractivity contribution in [3.8, 4) is 0 Å². The lowest BCUT2D eigenvalue weighted by molar-refractivity contribution is -0.138. The summed E-state index contributed by atoms with van der Waals surface area (Å²) < 4.78 is 0. The molecule has 0 saturated carbocycles. The molecule has 1 amide bonds. The third-order valence-electron chi connectivity index (χ3n) is 4.94. The maximum absolute atomic E-state index is 12.6. The molecule has 2 aliphatic heterocycles. The van der Waals surface area contributed by atoms with Crippen molar-refractivity contribution in [1.29, 1.82) is 0 Å². The number of carbonyl (C=O) groups excluding carboxylic acids is 1. The van der Waals surface area contributed by atoms with Crippen LogP contribution in [0, 0.1) is 5.92 Å². The molecule has 0 spiro atoms. The standard InChI is InChI=1S/C15H29N3O2/c1-3-16-8-10-18(11-9-16)15(20)13(2)17-6-4-14(12-19)5-7-17/h13-14,19H,3-12H2,1-2H3. The Morgan fingerprint density at radius 2 is 1.75 bits per heavy atom. The number of piperazine rings is 1. The fourth-order valence-electron chi connectivity index (χ4n) is 3.23. The molecule has 116 valence electrons. The van der Waals surface area contributed by atoms with E-state index in [0.29, 0.717) is 5.92 Å². The number of hydrogen-bond acceptors (Lipinski definition) is 4. The number of aliphatic hydroxyl groups is 1. The number of likely N-dealkylation sites (tertiary alicyclic amines) is 1. The van der Waals surface area contributed by atoms with Gasteiger partial charge in [-0.25, -0.2) is 0 Å². The van der Waals surface area contributed by atoms with E-state index in [1.165, 1.54) is 0 Å². The van der Waals surface area contributed by atoms with Crippen molar-refractivity contribution in [2.75, 3.05) is 52.4 Å². The fourth-order valence-corrected chi connectivity index (χ4v) is 3.23. The first kappa shape index (κ1) is 15.7. The molecule has 2 heterocycles. The molecule has 5 nitrogen and oxygen atoms in total. The number of piperidine rings is 1. The van der Waals surface area contributed by atoms with E-state index in [1.807, 2.05) is 11.8 Å². The Labute approximate surface area is 122 Å². The number of likely N-dealkylation sites (N-methyl/N-ethyl adjacent to an activating group) is 1. The summed E-state index contributed by atoms with van der Waals surface area (Å²) in [6, 6.07) is -0.0113. The minimum Gasteiger partial charge on any atom is -0.396 e. The van der Waals surface area contributed by atoms with E-state index in [-0.39, 0.29) is 18.6 Å². The summed E-state index contributed by atoms with van der Waals surface area (Å²) in [7, 11) is 0. The zero-order chi connectivity index (χ0) is 14.5. The first-order chi connectivity index (χ1) is 9.65. The molecule has 1 unspecified atom stereocenters. The van der Waals surface area contributed by atoms with Gasteiger partial charge in [-0.15, -0.1) is 0 Å². The summed E-state index contributed by atoms with van der Waals surface area (Å²) in [5.41, 5.74) is 0. The lowest BCUT2D eigenvalue weighted by atomic mass is 9.96. The second-order valence-electron chi connectivity index (χ2n) is 6.10. The molecule has 2 saturated heterocycles. The maximum atomic E-state index is 12.6. The van der Waals surface area contributed by atoms with E-state index in [1.54, 1.807) is 0 Å². The molecule has 5 heteroatoms. The van der Waals surface area contributed by atoms with Crippen molar-refractivity contribution in [1.82, 2.24) is 14.7 Å². The molecule has 1 atom stereocenters. The SMILES string of the molecule is CCN1CCN(C(=O)C(C)N2CCC(CO)CC2)CC1. The van der Waals surface area contributed by atoms with Crippen LogP contribution in [-0.4, -0.2) is 84.2 Å². The van der Waals surface area contributed by atoms with Crippen molar-refractivity contribution in [3.63, 3.8) is 0 Å². The summed E-state index contributed by atoms with van der Waals surface area (Å²) in [6.07, 6.45) is 2.02. The van der Waals surface area contributed by atoms with Crippen LogP contribution in [-0.2, 0) is 4.79 Å². The zero-order valence-corrected chi connectivity index (χ0v) is 12.9. The minimum absolute atomic E-state index is 0.0113. The molecule has 0 aromatic heterocycles. The number of nitrogens with zero attached hydrogens (tertiary/aromatic N) is 3. The van der Waals surface area contributed by atoms with E-state index < -0.39 is 0 Å². The minimum atomic E-state index is -0.0113. The van der Waals surface area contributed by atoms with Gasteiger partial charge in [0.1, 0.15) is 0 Å². The van der Waals surface area contributed by atoms with Crippen molar-refractivity contribution < 1.29 is 9.90 Å². The molecule has 20 heavy (non-hydrogen) atoms. The quantitative estimate of drug-likeness (QED) is 0.803. The molecular weight excluding hydrogens is 254 g/mol. The topological polar surface area (TPSA) is 47.0 Å².